The van der Waals surface area contributed by atoms with Crippen molar-refractivity contribution in [3.8, 4) is 0 Å². The molecule has 0 saturated heterocycles. The average Bonchev–Trinajstić information content (AvgIpc) is 1.90. The first-order valence-electron chi connectivity index (χ1n) is 2.48. The molecule has 0 aromatic heterocycles. The normalized spacial score (nSPS) is 6.25. The van der Waals surface area contributed by atoms with E-state index in [9.17, 15) is 0 Å². The van der Waals surface area contributed by atoms with Gasteiger partial charge in [-0.1, -0.05) is 0 Å². The van der Waals surface area contributed by atoms with Gasteiger partial charge in [-0.25, -0.2) is 0 Å². The molecule has 0 atom stereocenters. The Morgan fingerprint density at radius 2 is 1.25 bits per heavy atom. The van der Waals surface area contributed by atoms with Crippen LogP contribution in [0.3, 0.4) is 0 Å². The fourth-order valence-electron chi connectivity index (χ4n) is 0.342. The van der Waals surface area contributed by atoms with Crippen LogP contribution in [0.15, 0.2) is 30.3 Å². The molecule has 0 amide bonds. The molecular weight excluding hydrogens is 378 g/mol. The molecule has 0 bridgehead atoms. The van der Waals surface area contributed by atoms with Gasteiger partial charge in [-0.15, -0.1) is 0 Å². The Labute approximate surface area is 117 Å². The second-order valence-electron chi connectivity index (χ2n) is 1.29. The molecule has 0 radical (unpaired) electrons. The van der Waals surface area contributed by atoms with E-state index in [1.54, 1.807) is 0 Å². The minimum absolute atomic E-state index is 0. The van der Waals surface area contributed by atoms with Crippen LogP contribution in [-0.2, 0) is 0 Å². The van der Waals surface area contributed by atoms with Crippen molar-refractivity contribution in [1.82, 2.24) is 0 Å². The molecule has 0 N–H and O–H groups in total. The summed E-state index contributed by atoms with van der Waals surface area (Å²) in [5.74, 6) is 0. The van der Waals surface area contributed by atoms with Crippen LogP contribution in [0.1, 0.15) is 0 Å². The smallest absolute Gasteiger partial charge is 0.184 e. The van der Waals surface area contributed by atoms with Gasteiger partial charge < -0.3 is 12.4 Å². The third-order valence-electron chi connectivity index (χ3n) is 0.607. The van der Waals surface area contributed by atoms with E-state index >= 15 is 0 Å². The summed E-state index contributed by atoms with van der Waals surface area (Å²) >= 11 is -2.24. The van der Waals surface area contributed by atoms with Gasteiger partial charge in [0.25, 0.3) is 0 Å². The number of benzene rings is 1. The molecule has 0 saturated carbocycles. The van der Waals surface area contributed by atoms with Gasteiger partial charge in [0.1, 0.15) is 0 Å². The average molecular weight is 383 g/mol. The summed E-state index contributed by atoms with van der Waals surface area (Å²) in [6.45, 7) is 0. The molecule has 0 aliphatic rings. The van der Waals surface area contributed by atoms with Crippen molar-refractivity contribution in [2.24, 2.45) is 0 Å². The second-order valence-corrected chi connectivity index (χ2v) is 15.1. The molecule has 6 heteroatoms. The Morgan fingerprint density at radius 3 is 1.33 bits per heavy atom. The predicted octanol–water partition coefficient (Wildman–Crippen LogP) is 0.178. The maximum atomic E-state index is 5.02. The zero-order chi connectivity index (χ0) is 7.82. The van der Waals surface area contributed by atoms with Gasteiger partial charge in [-0.2, -0.15) is 36.4 Å². The Balaban J connectivity index is -0.000000124. The monoisotopic (exact) mass is 381 g/mol. The fraction of sp³-hybridized carbons (Fsp3) is 0. The number of hydrogen-bond donors (Lipinski definition) is 0. The molecule has 1 aromatic carbocycles. The summed E-state index contributed by atoms with van der Waals surface area (Å²) in [6, 6.07) is 12.5. The SMILES string of the molecule is [Cl-].[Cl][Ce]([Cl])[Cl].[Mg+2].[c-]1ccccc1. The zero-order valence-electron chi connectivity index (χ0n) is 6.11. The third-order valence-corrected chi connectivity index (χ3v) is 0.607. The van der Waals surface area contributed by atoms with Crippen LogP contribution in [0.2, 0.25) is 0 Å². The summed E-state index contributed by atoms with van der Waals surface area (Å²) in [6.07, 6.45) is 0. The number of rotatable bonds is 0. The van der Waals surface area contributed by atoms with Crippen LogP contribution in [0.4, 0.5) is 0 Å². The quantitative estimate of drug-likeness (QED) is 0.443. The van der Waals surface area contributed by atoms with Gasteiger partial charge in [-0.05, 0) is 0 Å². The van der Waals surface area contributed by atoms with Crippen molar-refractivity contribution in [3.05, 3.63) is 36.4 Å². The van der Waals surface area contributed by atoms with Crippen LogP contribution in [0.25, 0.3) is 0 Å². The fourth-order valence-corrected chi connectivity index (χ4v) is 0.342. The van der Waals surface area contributed by atoms with E-state index < -0.39 is 30.7 Å². The molecule has 0 fully saturated rings. The molecule has 12 heavy (non-hydrogen) atoms. The maximum Gasteiger partial charge on any atom is 2.00 e. The molecule has 0 aliphatic heterocycles. The first-order chi connectivity index (χ1) is 4.73. The van der Waals surface area contributed by atoms with E-state index in [4.69, 9.17) is 16.9 Å². The van der Waals surface area contributed by atoms with Gasteiger partial charge in [0.2, 0.25) is 0 Å². The molecule has 0 nitrogen and oxygen atoms in total. The minimum Gasteiger partial charge on any atom is -0.184 e. The van der Waals surface area contributed by atoms with Gasteiger partial charge in [0.05, 0.1) is 0 Å². The standard InChI is InChI=1S/C6H5.Ce.4ClH.Mg/c1-2-4-6-5-3-1;;;;;;/h1-5H;;4*1H;/q-1;+3;;;;;+2/p-4. The van der Waals surface area contributed by atoms with E-state index in [0.717, 1.165) is 0 Å². The van der Waals surface area contributed by atoms with E-state index in [-0.39, 0.29) is 35.5 Å². The van der Waals surface area contributed by atoms with Crippen molar-refractivity contribution in [2.45, 2.75) is 0 Å². The molecular formula is C6H5CeCl4Mg. The largest absolute Gasteiger partial charge is 2.00 e. The van der Waals surface area contributed by atoms with Crippen molar-refractivity contribution in [3.63, 3.8) is 0 Å². The van der Waals surface area contributed by atoms with E-state index in [1.807, 2.05) is 30.3 Å². The van der Waals surface area contributed by atoms with Gasteiger partial charge in [0, 0.05) is 0 Å². The van der Waals surface area contributed by atoms with Gasteiger partial charge in [0.15, 0.2) is 0 Å². The molecule has 63 valence electrons. The van der Waals surface area contributed by atoms with E-state index in [1.165, 1.54) is 0 Å². The Morgan fingerprint density at radius 1 is 0.917 bits per heavy atom. The molecule has 0 spiro atoms. The molecule has 0 unspecified atom stereocenters. The van der Waals surface area contributed by atoms with Crippen LogP contribution in [0.5, 0.6) is 0 Å². The maximum absolute atomic E-state index is 5.02. The zero-order valence-corrected chi connectivity index (χ0v) is 13.7. The topological polar surface area (TPSA) is 0 Å². The van der Waals surface area contributed by atoms with Crippen LogP contribution < -0.4 is 12.4 Å². The van der Waals surface area contributed by atoms with Crippen molar-refractivity contribution < 1.29 is 43.1 Å². The minimum atomic E-state index is -2.24. The van der Waals surface area contributed by atoms with Gasteiger partial charge >= 0.3 is 70.6 Å². The first-order valence-corrected chi connectivity index (χ1v) is 14.3. The van der Waals surface area contributed by atoms with Gasteiger partial charge in [-0.3, -0.25) is 0 Å². The Hall–Kier alpha value is 2.52. The summed E-state index contributed by atoms with van der Waals surface area (Å²) in [4.78, 5) is 0. The van der Waals surface area contributed by atoms with E-state index in [2.05, 4.69) is 6.07 Å². The summed E-state index contributed by atoms with van der Waals surface area (Å²) in [5, 5.41) is 0. The molecule has 0 heterocycles. The van der Waals surface area contributed by atoms with Crippen molar-refractivity contribution >= 4 is 39.9 Å². The summed E-state index contributed by atoms with van der Waals surface area (Å²) < 4.78 is 0. The molecule has 1 rings (SSSR count). The molecule has 0 aliphatic carbocycles. The van der Waals surface area contributed by atoms with Crippen LogP contribution in [-0.4, -0.2) is 23.1 Å². The number of hydrogen-bond acceptors (Lipinski definition) is 0. The number of halogens is 4. The van der Waals surface area contributed by atoms with E-state index in [0.29, 0.717) is 0 Å². The summed E-state index contributed by atoms with van der Waals surface area (Å²) in [7, 11) is 0. The van der Waals surface area contributed by atoms with Crippen LogP contribution >= 0.6 is 16.9 Å². The van der Waals surface area contributed by atoms with Crippen molar-refractivity contribution in [2.75, 3.05) is 0 Å². The summed E-state index contributed by atoms with van der Waals surface area (Å²) in [5.41, 5.74) is 15.1. The Kier molecular flexibility index (Phi) is 26.6. The van der Waals surface area contributed by atoms with Crippen LogP contribution in [0, 0.1) is 36.7 Å². The van der Waals surface area contributed by atoms with Crippen molar-refractivity contribution in [1.29, 1.82) is 0 Å². The second kappa shape index (κ2) is 16.0. The Bertz CT molecular complexity index is 120. The first kappa shape index (κ1) is 20.0. The predicted molar refractivity (Wildman–Crippen MR) is 48.6 cm³/mol. The third kappa shape index (κ3) is 22.9. The molecule has 1 aromatic rings.